The van der Waals surface area contributed by atoms with Crippen LogP contribution in [0.2, 0.25) is 0 Å². The molecule has 2 atom stereocenters. The molecular weight excluding hydrogens is 208 g/mol. The Hall–Kier alpha value is -0.650. The summed E-state index contributed by atoms with van der Waals surface area (Å²) in [5, 5.41) is 12.0. The van der Waals surface area contributed by atoms with Crippen molar-refractivity contribution in [1.29, 1.82) is 0 Å². The highest BCUT2D eigenvalue weighted by atomic mass is 16.5. The SMILES string of the molecule is O=C1C2CCCNC2CN1CCOCCO. The van der Waals surface area contributed by atoms with Crippen LogP contribution in [0.3, 0.4) is 0 Å². The smallest absolute Gasteiger partial charge is 0.227 e. The van der Waals surface area contributed by atoms with Crippen molar-refractivity contribution >= 4 is 5.91 Å². The molecule has 1 amide bonds. The third-order valence-electron chi connectivity index (χ3n) is 3.37. The van der Waals surface area contributed by atoms with E-state index in [0.29, 0.717) is 25.8 Å². The van der Waals surface area contributed by atoms with Crippen LogP contribution in [0.4, 0.5) is 0 Å². The highest BCUT2D eigenvalue weighted by Crippen LogP contribution is 2.25. The van der Waals surface area contributed by atoms with Crippen LogP contribution < -0.4 is 5.32 Å². The molecule has 0 aliphatic carbocycles. The van der Waals surface area contributed by atoms with E-state index in [0.717, 1.165) is 25.9 Å². The van der Waals surface area contributed by atoms with Gasteiger partial charge in [0.2, 0.25) is 5.91 Å². The van der Waals surface area contributed by atoms with Gasteiger partial charge >= 0.3 is 0 Å². The fourth-order valence-corrected chi connectivity index (χ4v) is 2.54. The van der Waals surface area contributed by atoms with Gasteiger partial charge < -0.3 is 20.1 Å². The number of hydrogen-bond donors (Lipinski definition) is 2. The lowest BCUT2D eigenvalue weighted by Gasteiger charge is -2.23. The Kier molecular flexibility index (Phi) is 4.15. The van der Waals surface area contributed by atoms with Gasteiger partial charge in [-0.15, -0.1) is 0 Å². The number of nitrogens with zero attached hydrogens (tertiary/aromatic N) is 1. The van der Waals surface area contributed by atoms with Crippen molar-refractivity contribution in [3.8, 4) is 0 Å². The van der Waals surface area contributed by atoms with Crippen LogP contribution in [0, 0.1) is 5.92 Å². The van der Waals surface area contributed by atoms with E-state index in [-0.39, 0.29) is 18.4 Å². The Labute approximate surface area is 95.8 Å². The molecule has 0 aromatic heterocycles. The first kappa shape index (κ1) is 11.8. The van der Waals surface area contributed by atoms with Gasteiger partial charge in [0.05, 0.1) is 25.7 Å². The van der Waals surface area contributed by atoms with Crippen LogP contribution in [0.1, 0.15) is 12.8 Å². The Morgan fingerprint density at radius 1 is 1.50 bits per heavy atom. The van der Waals surface area contributed by atoms with Crippen molar-refractivity contribution in [3.05, 3.63) is 0 Å². The molecule has 5 heteroatoms. The third-order valence-corrected chi connectivity index (χ3v) is 3.37. The predicted molar refractivity (Wildman–Crippen MR) is 59.0 cm³/mol. The van der Waals surface area contributed by atoms with Gasteiger partial charge in [0.1, 0.15) is 0 Å². The monoisotopic (exact) mass is 228 g/mol. The zero-order valence-electron chi connectivity index (χ0n) is 9.52. The molecule has 0 radical (unpaired) electrons. The molecule has 0 saturated carbocycles. The highest BCUT2D eigenvalue weighted by Gasteiger charge is 2.40. The van der Waals surface area contributed by atoms with Crippen LogP contribution in [0.25, 0.3) is 0 Å². The molecule has 92 valence electrons. The summed E-state index contributed by atoms with van der Waals surface area (Å²) in [4.78, 5) is 13.9. The minimum absolute atomic E-state index is 0.0424. The molecular formula is C11H20N2O3. The molecule has 2 fully saturated rings. The van der Waals surface area contributed by atoms with Crippen LogP contribution in [-0.2, 0) is 9.53 Å². The van der Waals surface area contributed by atoms with Gasteiger partial charge in [-0.2, -0.15) is 0 Å². The maximum absolute atomic E-state index is 12.0. The van der Waals surface area contributed by atoms with Crippen molar-refractivity contribution in [1.82, 2.24) is 10.2 Å². The van der Waals surface area contributed by atoms with Gasteiger partial charge in [0.15, 0.2) is 0 Å². The first-order valence-electron chi connectivity index (χ1n) is 6.03. The van der Waals surface area contributed by atoms with Gasteiger partial charge in [-0.3, -0.25) is 4.79 Å². The maximum atomic E-state index is 12.0. The number of nitrogens with one attached hydrogen (secondary N) is 1. The summed E-state index contributed by atoms with van der Waals surface area (Å²) >= 11 is 0. The fourth-order valence-electron chi connectivity index (χ4n) is 2.54. The minimum Gasteiger partial charge on any atom is -0.394 e. The van der Waals surface area contributed by atoms with Crippen molar-refractivity contribution in [2.75, 3.05) is 39.5 Å². The number of carbonyl (C=O) groups excluding carboxylic acids is 1. The van der Waals surface area contributed by atoms with E-state index in [1.807, 2.05) is 4.90 Å². The third kappa shape index (κ3) is 2.53. The van der Waals surface area contributed by atoms with Gasteiger partial charge in [-0.1, -0.05) is 0 Å². The number of aliphatic hydroxyl groups excluding tert-OH is 1. The van der Waals surface area contributed by atoms with Crippen molar-refractivity contribution in [3.63, 3.8) is 0 Å². The van der Waals surface area contributed by atoms with Gasteiger partial charge in [-0.05, 0) is 19.4 Å². The molecule has 0 bridgehead atoms. The quantitative estimate of drug-likeness (QED) is 0.605. The van der Waals surface area contributed by atoms with E-state index in [2.05, 4.69) is 5.32 Å². The zero-order valence-corrected chi connectivity index (χ0v) is 9.52. The van der Waals surface area contributed by atoms with Gasteiger partial charge in [-0.25, -0.2) is 0 Å². The Morgan fingerprint density at radius 2 is 2.38 bits per heavy atom. The lowest BCUT2D eigenvalue weighted by atomic mass is 9.94. The van der Waals surface area contributed by atoms with Gasteiger partial charge in [0.25, 0.3) is 0 Å². The lowest BCUT2D eigenvalue weighted by molar-refractivity contribution is -0.132. The Bertz CT molecular complexity index is 247. The molecule has 2 unspecified atom stereocenters. The molecule has 0 aromatic carbocycles. The first-order chi connectivity index (χ1) is 7.83. The summed E-state index contributed by atoms with van der Waals surface area (Å²) in [6.45, 7) is 3.41. The van der Waals surface area contributed by atoms with E-state index >= 15 is 0 Å². The number of ether oxygens (including phenoxy) is 1. The molecule has 2 aliphatic heterocycles. The van der Waals surface area contributed by atoms with Gasteiger partial charge in [0, 0.05) is 19.1 Å². The highest BCUT2D eigenvalue weighted by molar-refractivity contribution is 5.82. The van der Waals surface area contributed by atoms with E-state index < -0.39 is 0 Å². The Morgan fingerprint density at radius 3 is 3.12 bits per heavy atom. The van der Waals surface area contributed by atoms with Crippen LogP contribution >= 0.6 is 0 Å². The minimum atomic E-state index is 0.0424. The van der Waals surface area contributed by atoms with Crippen molar-refractivity contribution in [2.24, 2.45) is 5.92 Å². The summed E-state index contributed by atoms with van der Waals surface area (Å²) in [6, 6.07) is 0.346. The molecule has 16 heavy (non-hydrogen) atoms. The molecule has 2 heterocycles. The second-order valence-electron chi connectivity index (χ2n) is 4.43. The van der Waals surface area contributed by atoms with Crippen LogP contribution in [0.15, 0.2) is 0 Å². The average Bonchev–Trinajstić information content (AvgIpc) is 2.63. The summed E-state index contributed by atoms with van der Waals surface area (Å²) in [6.07, 6.45) is 2.12. The molecule has 0 aromatic rings. The van der Waals surface area contributed by atoms with E-state index in [9.17, 15) is 4.79 Å². The molecule has 2 saturated heterocycles. The summed E-state index contributed by atoms with van der Waals surface area (Å²) in [5.41, 5.74) is 0. The number of piperidine rings is 1. The summed E-state index contributed by atoms with van der Waals surface area (Å²) in [7, 11) is 0. The molecule has 2 rings (SSSR count). The van der Waals surface area contributed by atoms with Crippen LogP contribution in [-0.4, -0.2) is 61.4 Å². The summed E-state index contributed by atoms with van der Waals surface area (Å²) in [5.74, 6) is 0.455. The molecule has 0 spiro atoms. The summed E-state index contributed by atoms with van der Waals surface area (Å²) < 4.78 is 5.18. The molecule has 5 nitrogen and oxygen atoms in total. The normalized spacial score (nSPS) is 29.6. The standard InChI is InChI=1S/C11H20N2O3/c14-5-7-16-6-4-13-8-10-9(11(13)15)2-1-3-12-10/h9-10,12,14H,1-8H2. The maximum Gasteiger partial charge on any atom is 0.227 e. The van der Waals surface area contributed by atoms with Crippen molar-refractivity contribution in [2.45, 2.75) is 18.9 Å². The second kappa shape index (κ2) is 5.61. The fraction of sp³-hybridized carbons (Fsp3) is 0.909. The number of aliphatic hydroxyl groups is 1. The number of amides is 1. The second-order valence-corrected chi connectivity index (χ2v) is 4.43. The number of hydrogen-bond acceptors (Lipinski definition) is 4. The van der Waals surface area contributed by atoms with Crippen molar-refractivity contribution < 1.29 is 14.6 Å². The van der Waals surface area contributed by atoms with Crippen LogP contribution in [0.5, 0.6) is 0 Å². The number of fused-ring (bicyclic) bond motifs is 1. The predicted octanol–water partition coefficient (Wildman–Crippen LogP) is -0.794. The first-order valence-corrected chi connectivity index (χ1v) is 6.03. The average molecular weight is 228 g/mol. The molecule has 2 aliphatic rings. The largest absolute Gasteiger partial charge is 0.394 e. The van der Waals surface area contributed by atoms with E-state index in [4.69, 9.17) is 9.84 Å². The van der Waals surface area contributed by atoms with E-state index in [1.54, 1.807) is 0 Å². The zero-order chi connectivity index (χ0) is 11.4. The lowest BCUT2D eigenvalue weighted by Crippen LogP contribution is -2.41. The number of rotatable bonds is 5. The Balaban J connectivity index is 1.76. The molecule has 2 N–H and O–H groups in total. The number of likely N-dealkylation sites (tertiary alicyclic amines) is 1. The number of carbonyl (C=O) groups is 1. The van der Waals surface area contributed by atoms with E-state index in [1.165, 1.54) is 0 Å². The topological polar surface area (TPSA) is 61.8 Å².